The number of hydrogen-bond donors (Lipinski definition) is 4. The Balaban J connectivity index is 2.14. The smallest absolute Gasteiger partial charge is 0.316 e. The summed E-state index contributed by atoms with van der Waals surface area (Å²) < 4.78 is 0. The lowest BCUT2D eigenvalue weighted by molar-refractivity contribution is -0.383. The number of benzene rings is 1. The molecule has 0 saturated heterocycles. The summed E-state index contributed by atoms with van der Waals surface area (Å²) in [6.45, 7) is 0.307. The van der Waals surface area contributed by atoms with Crippen LogP contribution < -0.4 is 16.6 Å². The predicted octanol–water partition coefficient (Wildman–Crippen LogP) is 1.99. The first-order chi connectivity index (χ1) is 9.56. The van der Waals surface area contributed by atoms with Crippen LogP contribution in [-0.2, 0) is 0 Å². The van der Waals surface area contributed by atoms with Gasteiger partial charge in [0, 0.05) is 6.54 Å². The molecule has 7 heteroatoms. The molecular weight excluding hydrogens is 260 g/mol. The molecule has 0 bridgehead atoms. The minimum Gasteiger partial charge on any atom is -0.388 e. The third-order valence-corrected chi connectivity index (χ3v) is 3.77. The minimum absolute atomic E-state index is 0.102. The molecule has 0 amide bonds. The van der Waals surface area contributed by atoms with Gasteiger partial charge in [0.05, 0.1) is 10.5 Å². The molecule has 2 rings (SSSR count). The lowest BCUT2D eigenvalue weighted by Gasteiger charge is -2.32. The van der Waals surface area contributed by atoms with Crippen molar-refractivity contribution in [1.82, 2.24) is 0 Å². The first-order valence-electron chi connectivity index (χ1n) is 6.76. The van der Waals surface area contributed by atoms with Crippen molar-refractivity contribution >= 4 is 17.1 Å². The van der Waals surface area contributed by atoms with Crippen molar-refractivity contribution in [1.29, 1.82) is 0 Å². The van der Waals surface area contributed by atoms with Crippen molar-refractivity contribution < 1.29 is 10.0 Å². The number of para-hydroxylation sites is 1. The third-order valence-electron chi connectivity index (χ3n) is 3.77. The van der Waals surface area contributed by atoms with Gasteiger partial charge in [0.15, 0.2) is 0 Å². The highest BCUT2D eigenvalue weighted by Gasteiger charge is 2.30. The van der Waals surface area contributed by atoms with Gasteiger partial charge in [-0.1, -0.05) is 25.3 Å². The first-order valence-corrected chi connectivity index (χ1v) is 6.76. The lowest BCUT2D eigenvalue weighted by Crippen LogP contribution is -2.38. The maximum atomic E-state index is 11.1. The van der Waals surface area contributed by atoms with Crippen molar-refractivity contribution in [2.75, 3.05) is 17.3 Å². The van der Waals surface area contributed by atoms with Crippen molar-refractivity contribution in [3.05, 3.63) is 28.3 Å². The van der Waals surface area contributed by atoms with Crippen LogP contribution in [-0.4, -0.2) is 22.2 Å². The molecule has 0 aliphatic heterocycles. The van der Waals surface area contributed by atoms with Gasteiger partial charge in [-0.3, -0.25) is 16.0 Å². The summed E-state index contributed by atoms with van der Waals surface area (Å²) in [5, 5.41) is 24.5. The van der Waals surface area contributed by atoms with E-state index in [1.165, 1.54) is 0 Å². The average Bonchev–Trinajstić information content (AvgIpc) is 2.45. The molecule has 7 nitrogen and oxygen atoms in total. The molecule has 20 heavy (non-hydrogen) atoms. The van der Waals surface area contributed by atoms with Crippen LogP contribution in [0.4, 0.5) is 17.1 Å². The zero-order valence-corrected chi connectivity index (χ0v) is 11.3. The quantitative estimate of drug-likeness (QED) is 0.372. The molecule has 0 heterocycles. The average molecular weight is 280 g/mol. The Hall–Kier alpha value is -1.86. The van der Waals surface area contributed by atoms with E-state index in [0.717, 1.165) is 32.1 Å². The van der Waals surface area contributed by atoms with E-state index in [2.05, 4.69) is 10.7 Å². The topological polar surface area (TPSA) is 113 Å². The van der Waals surface area contributed by atoms with Crippen molar-refractivity contribution in [3.63, 3.8) is 0 Å². The van der Waals surface area contributed by atoms with E-state index < -0.39 is 10.5 Å². The Labute approximate surface area is 117 Å². The van der Waals surface area contributed by atoms with Crippen LogP contribution in [0.15, 0.2) is 18.2 Å². The Bertz CT molecular complexity index is 487. The van der Waals surface area contributed by atoms with E-state index in [9.17, 15) is 15.2 Å². The van der Waals surface area contributed by atoms with Crippen LogP contribution >= 0.6 is 0 Å². The number of aliphatic hydroxyl groups is 1. The fourth-order valence-electron chi connectivity index (χ4n) is 2.65. The second-order valence-corrected chi connectivity index (χ2v) is 5.24. The van der Waals surface area contributed by atoms with Crippen molar-refractivity contribution in [3.8, 4) is 0 Å². The highest BCUT2D eigenvalue weighted by atomic mass is 16.6. The van der Waals surface area contributed by atoms with Crippen molar-refractivity contribution in [2.45, 2.75) is 37.7 Å². The molecule has 110 valence electrons. The number of hydrogen-bond acceptors (Lipinski definition) is 6. The van der Waals surface area contributed by atoms with E-state index >= 15 is 0 Å². The summed E-state index contributed by atoms with van der Waals surface area (Å²) in [7, 11) is 0. The van der Waals surface area contributed by atoms with E-state index in [1.54, 1.807) is 18.2 Å². The molecule has 0 spiro atoms. The van der Waals surface area contributed by atoms with Gasteiger partial charge in [-0.25, -0.2) is 0 Å². The summed E-state index contributed by atoms with van der Waals surface area (Å²) in [4.78, 5) is 10.7. The van der Waals surface area contributed by atoms with Crippen LogP contribution in [0.25, 0.3) is 0 Å². The van der Waals surface area contributed by atoms with Crippen LogP contribution in [0.2, 0.25) is 0 Å². The fourth-order valence-corrected chi connectivity index (χ4v) is 2.65. The Morgan fingerprint density at radius 2 is 1.95 bits per heavy atom. The van der Waals surface area contributed by atoms with Gasteiger partial charge < -0.3 is 15.8 Å². The van der Waals surface area contributed by atoms with Gasteiger partial charge in [0.25, 0.3) is 0 Å². The third kappa shape index (κ3) is 3.17. The van der Waals surface area contributed by atoms with Crippen LogP contribution in [0, 0.1) is 10.1 Å². The van der Waals surface area contributed by atoms with E-state index in [-0.39, 0.29) is 11.4 Å². The number of hydrazine groups is 1. The fraction of sp³-hybridized carbons (Fsp3) is 0.538. The summed E-state index contributed by atoms with van der Waals surface area (Å²) in [5.41, 5.74) is 2.05. The number of nitro benzene ring substituents is 1. The van der Waals surface area contributed by atoms with Gasteiger partial charge >= 0.3 is 5.69 Å². The Morgan fingerprint density at radius 1 is 1.30 bits per heavy atom. The number of nitrogen functional groups attached to an aromatic ring is 1. The molecule has 0 radical (unpaired) electrons. The molecule has 1 saturated carbocycles. The minimum atomic E-state index is -0.779. The maximum Gasteiger partial charge on any atom is 0.316 e. The van der Waals surface area contributed by atoms with E-state index in [1.807, 2.05) is 0 Å². The number of anilines is 2. The van der Waals surface area contributed by atoms with E-state index in [4.69, 9.17) is 5.84 Å². The second kappa shape index (κ2) is 6.06. The first kappa shape index (κ1) is 14.5. The largest absolute Gasteiger partial charge is 0.388 e. The van der Waals surface area contributed by atoms with Crippen LogP contribution in [0.5, 0.6) is 0 Å². The molecule has 0 aromatic heterocycles. The Kier molecular flexibility index (Phi) is 4.41. The Morgan fingerprint density at radius 3 is 2.55 bits per heavy atom. The van der Waals surface area contributed by atoms with Crippen LogP contribution in [0.1, 0.15) is 32.1 Å². The highest BCUT2D eigenvalue weighted by Crippen LogP contribution is 2.34. The molecule has 5 N–H and O–H groups in total. The lowest BCUT2D eigenvalue weighted by atomic mass is 9.85. The highest BCUT2D eigenvalue weighted by molar-refractivity contribution is 5.75. The number of nitrogens with zero attached hydrogens (tertiary/aromatic N) is 1. The summed E-state index contributed by atoms with van der Waals surface area (Å²) in [5.74, 6) is 5.29. The molecule has 1 aromatic rings. The molecule has 1 fully saturated rings. The number of nitro groups is 1. The van der Waals surface area contributed by atoms with Crippen LogP contribution in [0.3, 0.4) is 0 Å². The normalized spacial score (nSPS) is 17.5. The zero-order chi connectivity index (χ0) is 14.6. The molecule has 1 aromatic carbocycles. The summed E-state index contributed by atoms with van der Waals surface area (Å²) in [6, 6.07) is 4.83. The van der Waals surface area contributed by atoms with Gasteiger partial charge in [0.1, 0.15) is 11.4 Å². The summed E-state index contributed by atoms with van der Waals surface area (Å²) in [6.07, 6.45) is 4.57. The van der Waals surface area contributed by atoms with Gasteiger partial charge in [-0.2, -0.15) is 0 Å². The SMILES string of the molecule is NNc1cccc(NCC2(O)CCCCC2)c1[N+](=O)[O-]. The predicted molar refractivity (Wildman–Crippen MR) is 77.4 cm³/mol. The monoisotopic (exact) mass is 280 g/mol. The van der Waals surface area contributed by atoms with Gasteiger partial charge in [0.2, 0.25) is 0 Å². The molecule has 0 unspecified atom stereocenters. The standard InChI is InChI=1S/C13H20N4O3/c14-16-11-6-4-5-10(12(11)17(19)20)15-9-13(18)7-2-1-3-8-13/h4-6,15-16,18H,1-3,7-9,14H2. The van der Waals surface area contributed by atoms with Gasteiger partial charge in [-0.05, 0) is 25.0 Å². The number of rotatable bonds is 5. The number of nitrogens with one attached hydrogen (secondary N) is 2. The second-order valence-electron chi connectivity index (χ2n) is 5.24. The molecular formula is C13H20N4O3. The molecule has 1 aliphatic rings. The molecule has 0 atom stereocenters. The van der Waals surface area contributed by atoms with Gasteiger partial charge in [-0.15, -0.1) is 0 Å². The maximum absolute atomic E-state index is 11.1. The van der Waals surface area contributed by atoms with Crippen molar-refractivity contribution in [2.24, 2.45) is 5.84 Å². The summed E-state index contributed by atoms with van der Waals surface area (Å²) >= 11 is 0. The van der Waals surface area contributed by atoms with E-state index in [0.29, 0.717) is 12.2 Å². The molecule has 1 aliphatic carbocycles. The number of nitrogens with two attached hydrogens (primary N) is 1. The zero-order valence-electron chi connectivity index (χ0n) is 11.3.